The first kappa shape index (κ1) is 14.8. The van der Waals surface area contributed by atoms with E-state index in [1.165, 1.54) is 11.3 Å². The van der Waals surface area contributed by atoms with Crippen molar-refractivity contribution in [2.24, 2.45) is 5.41 Å². The number of carbonyl (C=O) groups is 2. The van der Waals surface area contributed by atoms with Crippen LogP contribution in [-0.4, -0.2) is 23.2 Å². The van der Waals surface area contributed by atoms with Crippen LogP contribution in [0.3, 0.4) is 0 Å². The molecule has 0 saturated heterocycles. The molecule has 1 rings (SSSR count). The summed E-state index contributed by atoms with van der Waals surface area (Å²) in [6.07, 6.45) is 1.28. The van der Waals surface area contributed by atoms with E-state index in [0.717, 1.165) is 12.1 Å². The second-order valence-corrected chi connectivity index (χ2v) is 6.31. The van der Waals surface area contributed by atoms with Crippen molar-refractivity contribution in [2.45, 2.75) is 40.5 Å². The number of Topliss-reactive ketones (excluding diaryl/α,β-unsaturated/α-hetero) is 1. The van der Waals surface area contributed by atoms with Gasteiger partial charge in [0.1, 0.15) is 0 Å². The molecule has 100 valence electrons. The van der Waals surface area contributed by atoms with Gasteiger partial charge in [-0.2, -0.15) is 0 Å². The second-order valence-electron chi connectivity index (χ2n) is 5.46. The van der Waals surface area contributed by atoms with Crippen molar-refractivity contribution in [3.8, 4) is 0 Å². The van der Waals surface area contributed by atoms with Crippen LogP contribution in [-0.2, 0) is 11.2 Å². The maximum Gasteiger partial charge on any atom is 0.280 e. The summed E-state index contributed by atoms with van der Waals surface area (Å²) < 4.78 is 0. The fourth-order valence-corrected chi connectivity index (χ4v) is 2.30. The molecule has 0 atom stereocenters. The molecule has 0 saturated carbocycles. The predicted octanol–water partition coefficient (Wildman–Crippen LogP) is 2.44. The van der Waals surface area contributed by atoms with Gasteiger partial charge in [0, 0.05) is 11.8 Å². The number of carbonyl (C=O) groups excluding carboxylic acids is 2. The number of nitrogens with zero attached hydrogens (tertiary/aromatic N) is 1. The molecule has 0 bridgehead atoms. The predicted molar refractivity (Wildman–Crippen MR) is 72.9 cm³/mol. The molecule has 0 aliphatic rings. The molecule has 1 aromatic rings. The van der Waals surface area contributed by atoms with E-state index in [1.807, 2.05) is 33.1 Å². The molecule has 4 nitrogen and oxygen atoms in total. The van der Waals surface area contributed by atoms with Gasteiger partial charge in [-0.15, -0.1) is 11.3 Å². The van der Waals surface area contributed by atoms with Crippen molar-refractivity contribution < 1.29 is 9.59 Å². The van der Waals surface area contributed by atoms with Gasteiger partial charge in [-0.25, -0.2) is 4.98 Å². The lowest BCUT2D eigenvalue weighted by Gasteiger charge is -2.16. The molecule has 0 aliphatic carbocycles. The lowest BCUT2D eigenvalue weighted by Crippen LogP contribution is -2.31. The lowest BCUT2D eigenvalue weighted by atomic mass is 9.90. The summed E-state index contributed by atoms with van der Waals surface area (Å²) in [5, 5.41) is 4.91. The molecule has 0 fully saturated rings. The molecule has 1 N–H and O–H groups in total. The number of hydrogen-bond acceptors (Lipinski definition) is 4. The Labute approximate surface area is 112 Å². The van der Waals surface area contributed by atoms with Gasteiger partial charge < -0.3 is 5.32 Å². The molecular weight excluding hydrogens is 248 g/mol. The maximum absolute atomic E-state index is 11.7. The number of rotatable bonds is 5. The number of thiazole rings is 1. The average Bonchev–Trinajstić information content (AvgIpc) is 2.72. The molecule has 0 radical (unpaired) electrons. The normalized spacial score (nSPS) is 11.3. The summed E-state index contributed by atoms with van der Waals surface area (Å²) in [6.45, 7) is 8.07. The zero-order valence-corrected chi connectivity index (χ0v) is 12.2. The first-order valence-electron chi connectivity index (χ1n) is 6.06. The van der Waals surface area contributed by atoms with Gasteiger partial charge >= 0.3 is 0 Å². The SMILES string of the molecule is CCc1csc(C(=O)NCC(=O)CC(C)(C)C)n1. The van der Waals surface area contributed by atoms with E-state index in [4.69, 9.17) is 0 Å². The standard InChI is InChI=1S/C13H20N2O2S/c1-5-9-8-18-12(15-9)11(17)14-7-10(16)6-13(2,3)4/h8H,5-7H2,1-4H3,(H,14,17). The van der Waals surface area contributed by atoms with Crippen LogP contribution in [0.1, 0.15) is 49.6 Å². The highest BCUT2D eigenvalue weighted by Crippen LogP contribution is 2.18. The number of aryl methyl sites for hydroxylation is 1. The van der Waals surface area contributed by atoms with E-state index in [0.29, 0.717) is 11.4 Å². The largest absolute Gasteiger partial charge is 0.343 e. The van der Waals surface area contributed by atoms with Crippen LogP contribution in [0, 0.1) is 5.41 Å². The summed E-state index contributed by atoms with van der Waals surface area (Å²) in [4.78, 5) is 27.5. The Kier molecular flexibility index (Phi) is 5.02. The molecule has 5 heteroatoms. The summed E-state index contributed by atoms with van der Waals surface area (Å²) in [7, 11) is 0. The van der Waals surface area contributed by atoms with Crippen molar-refractivity contribution in [3.63, 3.8) is 0 Å². The third-order valence-electron chi connectivity index (χ3n) is 2.28. The van der Waals surface area contributed by atoms with Crippen LogP contribution in [0.5, 0.6) is 0 Å². The smallest absolute Gasteiger partial charge is 0.280 e. The minimum absolute atomic E-state index is 0.0433. The average molecular weight is 268 g/mol. The van der Waals surface area contributed by atoms with Gasteiger partial charge in [0.25, 0.3) is 5.91 Å². The molecule has 0 unspecified atom stereocenters. The van der Waals surface area contributed by atoms with Crippen molar-refractivity contribution >= 4 is 23.0 Å². The number of aromatic nitrogens is 1. The van der Waals surface area contributed by atoms with Crippen LogP contribution in [0.4, 0.5) is 0 Å². The Morgan fingerprint density at radius 2 is 2.06 bits per heavy atom. The Morgan fingerprint density at radius 1 is 1.39 bits per heavy atom. The van der Waals surface area contributed by atoms with E-state index in [-0.39, 0.29) is 23.7 Å². The first-order chi connectivity index (χ1) is 8.31. The van der Waals surface area contributed by atoms with E-state index in [9.17, 15) is 9.59 Å². The fraction of sp³-hybridized carbons (Fsp3) is 0.615. The minimum atomic E-state index is -0.262. The van der Waals surface area contributed by atoms with Gasteiger partial charge in [0.15, 0.2) is 10.8 Å². The third kappa shape index (κ3) is 4.96. The number of ketones is 1. The summed E-state index contributed by atoms with van der Waals surface area (Å²) in [5.74, 6) is -0.218. The van der Waals surface area contributed by atoms with Gasteiger partial charge in [0.05, 0.1) is 12.2 Å². The molecule has 1 amide bonds. The fourth-order valence-electron chi connectivity index (χ4n) is 1.48. The number of amides is 1. The molecule has 0 aliphatic heterocycles. The second kappa shape index (κ2) is 6.09. The summed E-state index contributed by atoms with van der Waals surface area (Å²) in [5.41, 5.74) is 0.865. The Bertz CT molecular complexity index is 432. The van der Waals surface area contributed by atoms with Crippen LogP contribution in [0.25, 0.3) is 0 Å². The van der Waals surface area contributed by atoms with Gasteiger partial charge in [-0.05, 0) is 11.8 Å². The monoisotopic (exact) mass is 268 g/mol. The maximum atomic E-state index is 11.7. The van der Waals surface area contributed by atoms with Crippen molar-refractivity contribution in [3.05, 3.63) is 16.1 Å². The number of nitrogens with one attached hydrogen (secondary N) is 1. The Morgan fingerprint density at radius 3 is 2.56 bits per heavy atom. The molecular formula is C13H20N2O2S. The van der Waals surface area contributed by atoms with E-state index < -0.39 is 0 Å². The molecule has 0 aromatic carbocycles. The molecule has 1 heterocycles. The Balaban J connectivity index is 2.44. The quantitative estimate of drug-likeness (QED) is 0.892. The topological polar surface area (TPSA) is 59.1 Å². The van der Waals surface area contributed by atoms with Gasteiger partial charge in [-0.3, -0.25) is 9.59 Å². The number of hydrogen-bond donors (Lipinski definition) is 1. The molecule has 1 aromatic heterocycles. The summed E-state index contributed by atoms with van der Waals surface area (Å²) in [6, 6.07) is 0. The zero-order chi connectivity index (χ0) is 13.8. The zero-order valence-electron chi connectivity index (χ0n) is 11.4. The molecule has 18 heavy (non-hydrogen) atoms. The van der Waals surface area contributed by atoms with Crippen molar-refractivity contribution in [1.29, 1.82) is 0 Å². The summed E-state index contributed by atoms with van der Waals surface area (Å²) >= 11 is 1.31. The van der Waals surface area contributed by atoms with E-state index >= 15 is 0 Å². The van der Waals surface area contributed by atoms with Crippen LogP contribution < -0.4 is 5.32 Å². The highest BCUT2D eigenvalue weighted by atomic mass is 32.1. The van der Waals surface area contributed by atoms with Crippen molar-refractivity contribution in [1.82, 2.24) is 10.3 Å². The van der Waals surface area contributed by atoms with Crippen LogP contribution in [0.2, 0.25) is 0 Å². The van der Waals surface area contributed by atoms with Crippen molar-refractivity contribution in [2.75, 3.05) is 6.54 Å². The highest BCUT2D eigenvalue weighted by molar-refractivity contribution is 7.11. The lowest BCUT2D eigenvalue weighted by molar-refractivity contribution is -0.119. The van der Waals surface area contributed by atoms with Gasteiger partial charge in [-0.1, -0.05) is 27.7 Å². The third-order valence-corrected chi connectivity index (χ3v) is 3.17. The van der Waals surface area contributed by atoms with Crippen LogP contribution >= 0.6 is 11.3 Å². The Hall–Kier alpha value is -1.23. The highest BCUT2D eigenvalue weighted by Gasteiger charge is 2.17. The van der Waals surface area contributed by atoms with E-state index in [2.05, 4.69) is 10.3 Å². The van der Waals surface area contributed by atoms with Crippen LogP contribution in [0.15, 0.2) is 5.38 Å². The first-order valence-corrected chi connectivity index (χ1v) is 6.94. The minimum Gasteiger partial charge on any atom is -0.343 e. The molecule has 0 spiro atoms. The van der Waals surface area contributed by atoms with E-state index in [1.54, 1.807) is 0 Å². The van der Waals surface area contributed by atoms with Gasteiger partial charge in [0.2, 0.25) is 0 Å².